The van der Waals surface area contributed by atoms with Crippen molar-refractivity contribution in [2.24, 2.45) is 5.92 Å². The molecule has 0 bridgehead atoms. The second-order valence-corrected chi connectivity index (χ2v) is 6.85. The summed E-state index contributed by atoms with van der Waals surface area (Å²) in [7, 11) is 0. The lowest BCUT2D eigenvalue weighted by atomic mass is 10.0. The zero-order valence-corrected chi connectivity index (χ0v) is 12.9. The summed E-state index contributed by atoms with van der Waals surface area (Å²) in [6, 6.07) is 6.60. The van der Waals surface area contributed by atoms with Gasteiger partial charge in [0.25, 0.3) is 0 Å². The van der Waals surface area contributed by atoms with Crippen LogP contribution in [-0.4, -0.2) is 48.5 Å². The highest BCUT2D eigenvalue weighted by Crippen LogP contribution is 2.25. The van der Waals surface area contributed by atoms with E-state index in [9.17, 15) is 9.18 Å². The van der Waals surface area contributed by atoms with E-state index in [-0.39, 0.29) is 11.7 Å². The van der Waals surface area contributed by atoms with Crippen LogP contribution < -0.4 is 4.90 Å². The molecular formula is C16H21FN2OS. The summed E-state index contributed by atoms with van der Waals surface area (Å²) in [5, 5.41) is 0. The first kappa shape index (κ1) is 14.7. The van der Waals surface area contributed by atoms with Crippen LogP contribution in [-0.2, 0) is 4.79 Å². The molecule has 1 unspecified atom stereocenters. The van der Waals surface area contributed by atoms with E-state index in [0.29, 0.717) is 5.91 Å². The van der Waals surface area contributed by atoms with Gasteiger partial charge < -0.3 is 9.80 Å². The first-order valence-corrected chi connectivity index (χ1v) is 8.76. The number of piperazine rings is 1. The number of carbonyl (C=O) groups is 1. The molecular weight excluding hydrogens is 287 g/mol. The highest BCUT2D eigenvalue weighted by molar-refractivity contribution is 7.99. The minimum atomic E-state index is -0.206. The Hall–Kier alpha value is -1.23. The van der Waals surface area contributed by atoms with Gasteiger partial charge in [0.1, 0.15) is 5.82 Å². The Morgan fingerprint density at radius 1 is 1.14 bits per heavy atom. The van der Waals surface area contributed by atoms with Gasteiger partial charge in [-0.1, -0.05) is 0 Å². The van der Waals surface area contributed by atoms with Gasteiger partial charge in [0.05, 0.1) is 0 Å². The number of amides is 1. The highest BCUT2D eigenvalue weighted by atomic mass is 32.2. The summed E-state index contributed by atoms with van der Waals surface area (Å²) in [4.78, 5) is 16.7. The lowest BCUT2D eigenvalue weighted by molar-refractivity contribution is -0.135. The normalized spacial score (nSPS) is 23.2. The number of anilines is 1. The smallest absolute Gasteiger partial charge is 0.226 e. The van der Waals surface area contributed by atoms with Crippen molar-refractivity contribution in [2.75, 3.05) is 42.6 Å². The van der Waals surface area contributed by atoms with Crippen LogP contribution in [0, 0.1) is 11.7 Å². The average molecular weight is 308 g/mol. The maximum absolute atomic E-state index is 13.0. The van der Waals surface area contributed by atoms with Crippen molar-refractivity contribution >= 4 is 23.4 Å². The third-order valence-electron chi connectivity index (χ3n) is 4.29. The van der Waals surface area contributed by atoms with Gasteiger partial charge in [0.15, 0.2) is 0 Å². The fourth-order valence-electron chi connectivity index (χ4n) is 3.03. The Balaban J connectivity index is 1.54. The summed E-state index contributed by atoms with van der Waals surface area (Å²) in [6.07, 6.45) is 2.21. The average Bonchev–Trinajstić information content (AvgIpc) is 2.56. The molecule has 1 amide bonds. The summed E-state index contributed by atoms with van der Waals surface area (Å²) >= 11 is 1.90. The highest BCUT2D eigenvalue weighted by Gasteiger charge is 2.28. The number of hydrogen-bond donors (Lipinski definition) is 0. The van der Waals surface area contributed by atoms with E-state index in [2.05, 4.69) is 4.90 Å². The maximum Gasteiger partial charge on any atom is 0.226 e. The lowest BCUT2D eigenvalue weighted by Gasteiger charge is -2.38. The van der Waals surface area contributed by atoms with Gasteiger partial charge in [-0.05, 0) is 42.9 Å². The molecule has 114 valence electrons. The van der Waals surface area contributed by atoms with Crippen molar-refractivity contribution < 1.29 is 9.18 Å². The molecule has 0 saturated carbocycles. The van der Waals surface area contributed by atoms with Crippen molar-refractivity contribution in [3.63, 3.8) is 0 Å². The molecule has 2 saturated heterocycles. The van der Waals surface area contributed by atoms with Crippen molar-refractivity contribution in [2.45, 2.75) is 12.8 Å². The SMILES string of the molecule is O=C(C1CCCSC1)N1CCN(c2ccc(F)cc2)CC1. The predicted molar refractivity (Wildman–Crippen MR) is 85.2 cm³/mol. The van der Waals surface area contributed by atoms with Gasteiger partial charge in [0, 0.05) is 43.5 Å². The van der Waals surface area contributed by atoms with Crippen molar-refractivity contribution in [1.82, 2.24) is 4.90 Å². The first-order chi connectivity index (χ1) is 10.2. The second kappa shape index (κ2) is 6.69. The third kappa shape index (κ3) is 3.51. The van der Waals surface area contributed by atoms with Gasteiger partial charge in [-0.3, -0.25) is 4.79 Å². The fourth-order valence-corrected chi connectivity index (χ4v) is 4.16. The Labute approximate surface area is 129 Å². The van der Waals surface area contributed by atoms with Gasteiger partial charge in [0.2, 0.25) is 5.91 Å². The molecule has 0 spiro atoms. The Morgan fingerprint density at radius 3 is 2.48 bits per heavy atom. The minimum absolute atomic E-state index is 0.206. The summed E-state index contributed by atoms with van der Waals surface area (Å²) in [6.45, 7) is 3.21. The van der Waals surface area contributed by atoms with Crippen LogP contribution in [0.25, 0.3) is 0 Å². The number of hydrogen-bond acceptors (Lipinski definition) is 3. The van der Waals surface area contributed by atoms with Crippen molar-refractivity contribution in [3.05, 3.63) is 30.1 Å². The van der Waals surface area contributed by atoms with E-state index in [4.69, 9.17) is 0 Å². The number of thioether (sulfide) groups is 1. The van der Waals surface area contributed by atoms with E-state index in [1.165, 1.54) is 17.9 Å². The first-order valence-electron chi connectivity index (χ1n) is 7.61. The molecule has 1 atom stereocenters. The Bertz CT molecular complexity index is 480. The largest absolute Gasteiger partial charge is 0.368 e. The van der Waals surface area contributed by atoms with Crippen LogP contribution in [0.4, 0.5) is 10.1 Å². The number of halogens is 1. The summed E-state index contributed by atoms with van der Waals surface area (Å²) < 4.78 is 13.0. The molecule has 3 nitrogen and oxygen atoms in total. The van der Waals surface area contributed by atoms with E-state index >= 15 is 0 Å². The summed E-state index contributed by atoms with van der Waals surface area (Å²) in [5.41, 5.74) is 1.04. The third-order valence-corrected chi connectivity index (χ3v) is 5.51. The second-order valence-electron chi connectivity index (χ2n) is 5.70. The van der Waals surface area contributed by atoms with Crippen LogP contribution in [0.5, 0.6) is 0 Å². The van der Waals surface area contributed by atoms with Crippen LogP contribution in [0.3, 0.4) is 0 Å². The minimum Gasteiger partial charge on any atom is -0.368 e. The Morgan fingerprint density at radius 2 is 1.86 bits per heavy atom. The Kier molecular flexibility index (Phi) is 4.68. The topological polar surface area (TPSA) is 23.6 Å². The number of carbonyl (C=O) groups excluding carboxylic acids is 1. The molecule has 1 aromatic rings. The number of benzene rings is 1. The van der Waals surface area contributed by atoms with Crippen LogP contribution >= 0.6 is 11.8 Å². The molecule has 2 aliphatic rings. The molecule has 2 fully saturated rings. The zero-order chi connectivity index (χ0) is 14.7. The molecule has 1 aromatic carbocycles. The van der Waals surface area contributed by atoms with E-state index in [1.54, 1.807) is 0 Å². The van der Waals surface area contributed by atoms with Gasteiger partial charge in [-0.2, -0.15) is 11.8 Å². The molecule has 3 rings (SSSR count). The molecule has 0 aromatic heterocycles. The van der Waals surface area contributed by atoms with Crippen LogP contribution in [0.2, 0.25) is 0 Å². The van der Waals surface area contributed by atoms with Crippen LogP contribution in [0.1, 0.15) is 12.8 Å². The van der Waals surface area contributed by atoms with E-state index < -0.39 is 0 Å². The maximum atomic E-state index is 13.0. The molecule has 21 heavy (non-hydrogen) atoms. The standard InChI is InChI=1S/C16H21FN2OS/c17-14-3-5-15(6-4-14)18-7-9-19(10-8-18)16(20)13-2-1-11-21-12-13/h3-6,13H,1-2,7-12H2. The molecule has 0 N–H and O–H groups in total. The molecule has 2 heterocycles. The predicted octanol–water partition coefficient (Wildman–Crippen LogP) is 2.62. The van der Waals surface area contributed by atoms with E-state index in [0.717, 1.165) is 50.5 Å². The molecule has 2 aliphatic heterocycles. The molecule has 0 aliphatic carbocycles. The molecule has 5 heteroatoms. The monoisotopic (exact) mass is 308 g/mol. The summed E-state index contributed by atoms with van der Waals surface area (Å²) in [5.74, 6) is 2.53. The number of rotatable bonds is 2. The number of nitrogens with zero attached hydrogens (tertiary/aromatic N) is 2. The van der Waals surface area contributed by atoms with Crippen molar-refractivity contribution in [1.29, 1.82) is 0 Å². The lowest BCUT2D eigenvalue weighted by Crippen LogP contribution is -2.51. The molecule has 0 radical (unpaired) electrons. The fraction of sp³-hybridized carbons (Fsp3) is 0.562. The van der Waals surface area contributed by atoms with Crippen molar-refractivity contribution in [3.8, 4) is 0 Å². The zero-order valence-electron chi connectivity index (χ0n) is 12.1. The quantitative estimate of drug-likeness (QED) is 0.839. The van der Waals surface area contributed by atoms with Crippen LogP contribution in [0.15, 0.2) is 24.3 Å². The van der Waals surface area contributed by atoms with E-state index in [1.807, 2.05) is 28.8 Å². The van der Waals surface area contributed by atoms with Gasteiger partial charge >= 0.3 is 0 Å². The van der Waals surface area contributed by atoms with Gasteiger partial charge in [-0.15, -0.1) is 0 Å². The van der Waals surface area contributed by atoms with Gasteiger partial charge in [-0.25, -0.2) is 4.39 Å².